The third-order valence-electron chi connectivity index (χ3n) is 3.61. The molecule has 0 aliphatic rings. The minimum atomic E-state index is -4.33. The average molecular weight is 410 g/mol. The summed E-state index contributed by atoms with van der Waals surface area (Å²) in [5.41, 5.74) is 1.86. The van der Waals surface area contributed by atoms with E-state index in [1.165, 1.54) is 45.6 Å². The van der Waals surface area contributed by atoms with Gasteiger partial charge in [-0.15, -0.1) is 4.83 Å². The Morgan fingerprint density at radius 3 is 2.00 bits per heavy atom. The van der Waals surface area contributed by atoms with E-state index in [1.54, 1.807) is 6.07 Å². The zero-order chi connectivity index (χ0) is 20.9. The van der Waals surface area contributed by atoms with E-state index >= 15 is 0 Å². The number of amides is 1. The molecule has 0 radical (unpaired) electrons. The maximum atomic E-state index is 12.5. The van der Waals surface area contributed by atoms with Gasteiger partial charge in [-0.3, -0.25) is 10.2 Å². The van der Waals surface area contributed by atoms with Crippen LogP contribution < -0.4 is 24.5 Å². The molecule has 0 aliphatic heterocycles. The number of rotatable bonds is 8. The summed E-state index contributed by atoms with van der Waals surface area (Å²) in [6.07, 6.45) is 0. The molecule has 0 aromatic heterocycles. The zero-order valence-corrected chi connectivity index (χ0v) is 16.0. The number of nitrogens with one attached hydrogen (secondary N) is 2. The van der Waals surface area contributed by atoms with Crippen LogP contribution in [0.4, 0.5) is 0 Å². The second-order valence-corrected chi connectivity index (χ2v) is 6.98. The number of carboxylic acid groups (broad SMARTS) is 1. The van der Waals surface area contributed by atoms with Gasteiger partial charge in [0, 0.05) is 11.6 Å². The summed E-state index contributed by atoms with van der Waals surface area (Å²) in [6.45, 7) is 0. The Morgan fingerprint density at radius 2 is 1.50 bits per heavy atom. The molecule has 0 spiro atoms. The molecule has 11 heteroatoms. The number of hydrogen-bond donors (Lipinski definition) is 3. The Morgan fingerprint density at radius 1 is 0.893 bits per heavy atom. The Labute approximate surface area is 161 Å². The number of carbonyl (C=O) groups excluding carboxylic acids is 1. The van der Waals surface area contributed by atoms with E-state index in [9.17, 15) is 18.0 Å². The van der Waals surface area contributed by atoms with Crippen molar-refractivity contribution in [2.24, 2.45) is 0 Å². The van der Waals surface area contributed by atoms with Crippen molar-refractivity contribution in [3.05, 3.63) is 47.5 Å². The van der Waals surface area contributed by atoms with E-state index in [-0.39, 0.29) is 16.9 Å². The summed E-state index contributed by atoms with van der Waals surface area (Å²) < 4.78 is 40.1. The van der Waals surface area contributed by atoms with Crippen molar-refractivity contribution in [2.75, 3.05) is 21.3 Å². The molecule has 28 heavy (non-hydrogen) atoms. The number of benzene rings is 2. The van der Waals surface area contributed by atoms with Gasteiger partial charge in [0.15, 0.2) is 0 Å². The Balaban J connectivity index is 2.27. The Bertz CT molecular complexity index is 982. The van der Waals surface area contributed by atoms with E-state index in [1.807, 2.05) is 10.3 Å². The second-order valence-electron chi connectivity index (χ2n) is 5.33. The molecule has 0 fully saturated rings. The molecule has 10 nitrogen and oxygen atoms in total. The molecule has 0 aliphatic carbocycles. The van der Waals surface area contributed by atoms with E-state index < -0.39 is 26.8 Å². The first-order valence-electron chi connectivity index (χ1n) is 7.68. The molecule has 2 rings (SSSR count). The predicted octanol–water partition coefficient (Wildman–Crippen LogP) is 1.03. The van der Waals surface area contributed by atoms with Crippen molar-refractivity contribution in [3.63, 3.8) is 0 Å². The molecule has 2 aromatic carbocycles. The van der Waals surface area contributed by atoms with Crippen LogP contribution in [0.3, 0.4) is 0 Å². The summed E-state index contributed by atoms with van der Waals surface area (Å²) in [5.74, 6) is -1.51. The first-order valence-corrected chi connectivity index (χ1v) is 9.16. The van der Waals surface area contributed by atoms with E-state index in [0.717, 1.165) is 6.07 Å². The fraction of sp³-hybridized carbons (Fsp3) is 0.176. The molecule has 0 heterocycles. The fourth-order valence-corrected chi connectivity index (χ4v) is 3.23. The standard InChI is InChI=1S/C17H18N2O8S/c1-25-12-6-11(7-13(9-12)26-2)16(20)18-19-28(23,24)15-8-10(17(21)22)4-5-14(15)27-3/h4-9,19H,1-3H3,(H,18,20)(H,21,22). The van der Waals surface area contributed by atoms with Gasteiger partial charge in [-0.05, 0) is 30.3 Å². The summed E-state index contributed by atoms with van der Waals surface area (Å²) in [7, 11) is -0.287. The fourth-order valence-electron chi connectivity index (χ4n) is 2.20. The number of aromatic carboxylic acids is 1. The van der Waals surface area contributed by atoms with E-state index in [0.29, 0.717) is 11.5 Å². The van der Waals surface area contributed by atoms with Crippen LogP contribution in [0.1, 0.15) is 20.7 Å². The number of sulfonamides is 1. The molecular weight excluding hydrogens is 392 g/mol. The van der Waals surface area contributed by atoms with E-state index in [2.05, 4.69) is 0 Å². The molecular formula is C17H18N2O8S. The van der Waals surface area contributed by atoms with Crippen LogP contribution in [0, 0.1) is 0 Å². The highest BCUT2D eigenvalue weighted by atomic mass is 32.2. The quantitative estimate of drug-likeness (QED) is 0.548. The summed E-state index contributed by atoms with van der Waals surface area (Å²) in [5, 5.41) is 9.05. The largest absolute Gasteiger partial charge is 0.497 e. The molecule has 3 N–H and O–H groups in total. The van der Waals surface area contributed by atoms with Gasteiger partial charge >= 0.3 is 5.97 Å². The molecule has 150 valence electrons. The third-order valence-corrected chi connectivity index (χ3v) is 4.88. The maximum absolute atomic E-state index is 12.5. The van der Waals surface area contributed by atoms with Gasteiger partial charge in [-0.25, -0.2) is 13.2 Å². The lowest BCUT2D eigenvalue weighted by atomic mass is 10.2. The highest BCUT2D eigenvalue weighted by Crippen LogP contribution is 2.25. The van der Waals surface area contributed by atoms with Crippen molar-refractivity contribution in [1.82, 2.24) is 10.3 Å². The maximum Gasteiger partial charge on any atom is 0.335 e. The lowest BCUT2D eigenvalue weighted by molar-refractivity contribution is 0.0696. The molecule has 1 amide bonds. The monoisotopic (exact) mass is 410 g/mol. The SMILES string of the molecule is COc1cc(OC)cc(C(=O)NNS(=O)(=O)c2cc(C(=O)O)ccc2OC)c1. The third kappa shape index (κ3) is 4.69. The van der Waals surface area contributed by atoms with Crippen molar-refractivity contribution in [1.29, 1.82) is 0 Å². The predicted molar refractivity (Wildman–Crippen MR) is 97.3 cm³/mol. The number of carboxylic acids is 1. The van der Waals surface area contributed by atoms with Gasteiger partial charge < -0.3 is 19.3 Å². The van der Waals surface area contributed by atoms with Crippen molar-refractivity contribution in [3.8, 4) is 17.2 Å². The number of carbonyl (C=O) groups is 2. The smallest absolute Gasteiger partial charge is 0.335 e. The number of hydrogen-bond acceptors (Lipinski definition) is 7. The highest BCUT2D eigenvalue weighted by molar-refractivity contribution is 7.89. The van der Waals surface area contributed by atoms with Gasteiger partial charge in [0.2, 0.25) is 0 Å². The van der Waals surface area contributed by atoms with Crippen LogP contribution in [0.2, 0.25) is 0 Å². The Hall–Kier alpha value is -3.31. The van der Waals surface area contributed by atoms with Gasteiger partial charge in [0.05, 0.1) is 26.9 Å². The van der Waals surface area contributed by atoms with Crippen molar-refractivity contribution < 1.29 is 37.3 Å². The minimum Gasteiger partial charge on any atom is -0.497 e. The highest BCUT2D eigenvalue weighted by Gasteiger charge is 2.23. The molecule has 0 atom stereocenters. The van der Waals surface area contributed by atoms with Crippen LogP contribution in [0.5, 0.6) is 17.2 Å². The van der Waals surface area contributed by atoms with Crippen LogP contribution in [0.25, 0.3) is 0 Å². The molecule has 2 aromatic rings. The molecule has 0 saturated heterocycles. The van der Waals surface area contributed by atoms with Gasteiger partial charge in [-0.2, -0.15) is 0 Å². The topological polar surface area (TPSA) is 140 Å². The van der Waals surface area contributed by atoms with Crippen LogP contribution >= 0.6 is 0 Å². The summed E-state index contributed by atoms with van der Waals surface area (Å²) >= 11 is 0. The number of hydrazine groups is 1. The zero-order valence-electron chi connectivity index (χ0n) is 15.2. The van der Waals surface area contributed by atoms with E-state index in [4.69, 9.17) is 19.3 Å². The van der Waals surface area contributed by atoms with Crippen LogP contribution in [0.15, 0.2) is 41.3 Å². The molecule has 0 unspecified atom stereocenters. The lowest BCUT2D eigenvalue weighted by Crippen LogP contribution is -2.41. The lowest BCUT2D eigenvalue weighted by Gasteiger charge is -2.13. The normalized spacial score (nSPS) is 10.8. The second kappa shape index (κ2) is 8.59. The van der Waals surface area contributed by atoms with Crippen molar-refractivity contribution >= 4 is 21.9 Å². The Kier molecular flexibility index (Phi) is 6.44. The molecule has 0 saturated carbocycles. The van der Waals surface area contributed by atoms with Gasteiger partial charge in [-0.1, -0.05) is 0 Å². The minimum absolute atomic E-state index is 0.0742. The van der Waals surface area contributed by atoms with Crippen LogP contribution in [-0.4, -0.2) is 46.7 Å². The summed E-state index contributed by atoms with van der Waals surface area (Å²) in [6, 6.07) is 7.64. The number of ether oxygens (including phenoxy) is 3. The van der Waals surface area contributed by atoms with Gasteiger partial charge in [0.1, 0.15) is 22.1 Å². The number of methoxy groups -OCH3 is 3. The molecule has 0 bridgehead atoms. The first kappa shape index (κ1) is 21.0. The average Bonchev–Trinajstić information content (AvgIpc) is 2.70. The summed E-state index contributed by atoms with van der Waals surface area (Å²) in [4.78, 5) is 24.9. The first-order chi connectivity index (χ1) is 13.2. The van der Waals surface area contributed by atoms with Gasteiger partial charge in [0.25, 0.3) is 15.9 Å². The van der Waals surface area contributed by atoms with Crippen LogP contribution in [-0.2, 0) is 10.0 Å². The van der Waals surface area contributed by atoms with Crippen molar-refractivity contribution in [2.45, 2.75) is 4.90 Å².